The Kier molecular flexibility index (Phi) is 3.77. The van der Waals surface area contributed by atoms with Crippen LogP contribution in [0.5, 0.6) is 0 Å². The largest absolute Gasteiger partial charge is 0.397 e. The maximum atomic E-state index is 12.2. The molecule has 0 aliphatic heterocycles. The van der Waals surface area contributed by atoms with Gasteiger partial charge < -0.3 is 20.9 Å². The molecule has 1 rings (SSSR count). The van der Waals surface area contributed by atoms with Gasteiger partial charge in [-0.25, -0.2) is 0 Å². The summed E-state index contributed by atoms with van der Waals surface area (Å²) < 4.78 is 1.63. The Morgan fingerprint density at radius 3 is 2.41 bits per heavy atom. The first-order valence-corrected chi connectivity index (χ1v) is 5.34. The fourth-order valence-corrected chi connectivity index (χ4v) is 1.61. The molecule has 6 heteroatoms. The van der Waals surface area contributed by atoms with Crippen molar-refractivity contribution in [2.75, 3.05) is 12.3 Å². The summed E-state index contributed by atoms with van der Waals surface area (Å²) in [6, 6.07) is 1.48. The highest BCUT2D eigenvalue weighted by Crippen LogP contribution is 2.13. The first-order chi connectivity index (χ1) is 7.82. The molecule has 0 fully saturated rings. The number of rotatable bonds is 4. The quantitative estimate of drug-likeness (QED) is 0.769. The molecule has 4 N–H and O–H groups in total. The Hall–Kier alpha value is -1.98. The topological polar surface area (TPSA) is 94.3 Å². The Labute approximate surface area is 100 Å². The number of amides is 2. The molecule has 0 aromatic carbocycles. The minimum Gasteiger partial charge on any atom is -0.397 e. The number of primary amides is 1. The summed E-state index contributed by atoms with van der Waals surface area (Å²) in [5.74, 6) is -0.785. The van der Waals surface area contributed by atoms with Crippen LogP contribution in [0.2, 0.25) is 0 Å². The minimum absolute atomic E-state index is 0.0957. The van der Waals surface area contributed by atoms with Gasteiger partial charge in [-0.15, -0.1) is 0 Å². The van der Waals surface area contributed by atoms with E-state index in [-0.39, 0.29) is 18.5 Å². The van der Waals surface area contributed by atoms with Gasteiger partial charge in [0.15, 0.2) is 0 Å². The van der Waals surface area contributed by atoms with Crippen LogP contribution in [0.15, 0.2) is 12.3 Å². The van der Waals surface area contributed by atoms with Crippen LogP contribution < -0.4 is 11.5 Å². The van der Waals surface area contributed by atoms with Gasteiger partial charge in [0.25, 0.3) is 5.91 Å². The van der Waals surface area contributed by atoms with E-state index in [0.717, 1.165) is 0 Å². The molecule has 0 saturated carbocycles. The Balaban J connectivity index is 2.99. The molecule has 0 radical (unpaired) electrons. The molecular weight excluding hydrogens is 220 g/mol. The molecular formula is C11H18N4O2. The second-order valence-electron chi connectivity index (χ2n) is 4.26. The van der Waals surface area contributed by atoms with Crippen LogP contribution in [-0.4, -0.2) is 33.9 Å². The lowest BCUT2D eigenvalue weighted by Crippen LogP contribution is -2.43. The maximum absolute atomic E-state index is 12.2. The van der Waals surface area contributed by atoms with Crippen molar-refractivity contribution in [3.05, 3.63) is 18.0 Å². The highest BCUT2D eigenvalue weighted by Gasteiger charge is 2.22. The van der Waals surface area contributed by atoms with E-state index >= 15 is 0 Å². The lowest BCUT2D eigenvalue weighted by molar-refractivity contribution is -0.119. The standard InChI is InChI=1S/C11H18N4O2/c1-7(2)15(6-10(13)16)11(17)9-4-8(12)5-14(9)3/h4-5,7H,6,12H2,1-3H3,(H2,13,16). The zero-order valence-electron chi connectivity index (χ0n) is 10.3. The van der Waals surface area contributed by atoms with Gasteiger partial charge in [0, 0.05) is 19.3 Å². The molecule has 0 aliphatic carbocycles. The molecule has 0 bridgehead atoms. The zero-order chi connectivity index (χ0) is 13.2. The predicted octanol–water partition coefficient (Wildman–Crippen LogP) is -0.0568. The highest BCUT2D eigenvalue weighted by molar-refractivity contribution is 5.96. The van der Waals surface area contributed by atoms with Gasteiger partial charge in [-0.2, -0.15) is 0 Å². The molecule has 1 aromatic rings. The fraction of sp³-hybridized carbons (Fsp3) is 0.455. The second-order valence-corrected chi connectivity index (χ2v) is 4.26. The van der Waals surface area contributed by atoms with Crippen LogP contribution in [0, 0.1) is 0 Å². The molecule has 1 heterocycles. The van der Waals surface area contributed by atoms with E-state index < -0.39 is 5.91 Å². The summed E-state index contributed by atoms with van der Waals surface area (Å²) in [5, 5.41) is 0. The Morgan fingerprint density at radius 1 is 1.47 bits per heavy atom. The smallest absolute Gasteiger partial charge is 0.271 e. The summed E-state index contributed by atoms with van der Waals surface area (Å²) in [6.07, 6.45) is 1.65. The third-order valence-electron chi connectivity index (χ3n) is 2.46. The molecule has 0 atom stereocenters. The molecule has 0 spiro atoms. The minimum atomic E-state index is -0.533. The van der Waals surface area contributed by atoms with Crippen molar-refractivity contribution in [2.45, 2.75) is 19.9 Å². The first-order valence-electron chi connectivity index (χ1n) is 5.34. The van der Waals surface area contributed by atoms with Crippen LogP contribution >= 0.6 is 0 Å². The monoisotopic (exact) mass is 238 g/mol. The van der Waals surface area contributed by atoms with Crippen molar-refractivity contribution in [3.63, 3.8) is 0 Å². The van der Waals surface area contributed by atoms with Gasteiger partial charge in [0.1, 0.15) is 5.69 Å². The molecule has 2 amide bonds. The summed E-state index contributed by atoms with van der Waals surface area (Å²) in [5.41, 5.74) is 11.7. The number of nitrogens with two attached hydrogens (primary N) is 2. The van der Waals surface area contributed by atoms with Crippen molar-refractivity contribution in [3.8, 4) is 0 Å². The molecule has 0 unspecified atom stereocenters. The lowest BCUT2D eigenvalue weighted by Gasteiger charge is -2.25. The van der Waals surface area contributed by atoms with Crippen molar-refractivity contribution in [2.24, 2.45) is 12.8 Å². The Morgan fingerprint density at radius 2 is 2.06 bits per heavy atom. The van der Waals surface area contributed by atoms with Gasteiger partial charge in [0.05, 0.1) is 12.2 Å². The van der Waals surface area contributed by atoms with Crippen LogP contribution in [0.1, 0.15) is 24.3 Å². The number of aromatic nitrogens is 1. The summed E-state index contributed by atoms with van der Waals surface area (Å²) >= 11 is 0. The summed E-state index contributed by atoms with van der Waals surface area (Å²) in [6.45, 7) is 3.56. The number of anilines is 1. The van der Waals surface area contributed by atoms with Crippen LogP contribution in [0.4, 0.5) is 5.69 Å². The summed E-state index contributed by atoms with van der Waals surface area (Å²) in [7, 11) is 1.73. The predicted molar refractivity (Wildman–Crippen MR) is 65.2 cm³/mol. The average Bonchev–Trinajstić information content (AvgIpc) is 2.52. The van der Waals surface area contributed by atoms with Crippen LogP contribution in [0.25, 0.3) is 0 Å². The van der Waals surface area contributed by atoms with E-state index in [2.05, 4.69) is 0 Å². The average molecular weight is 238 g/mol. The van der Waals surface area contributed by atoms with Crippen molar-refractivity contribution < 1.29 is 9.59 Å². The number of carbonyl (C=O) groups is 2. The normalized spacial score (nSPS) is 10.6. The number of nitrogen functional groups attached to an aromatic ring is 1. The first kappa shape index (κ1) is 13.1. The molecule has 6 nitrogen and oxygen atoms in total. The number of hydrogen-bond donors (Lipinski definition) is 2. The zero-order valence-corrected chi connectivity index (χ0v) is 10.3. The molecule has 94 valence electrons. The SMILES string of the molecule is CC(C)N(CC(N)=O)C(=O)c1cc(N)cn1C. The lowest BCUT2D eigenvalue weighted by atomic mass is 10.2. The van der Waals surface area contributed by atoms with E-state index in [1.165, 1.54) is 4.90 Å². The van der Waals surface area contributed by atoms with E-state index in [4.69, 9.17) is 11.5 Å². The summed E-state index contributed by atoms with van der Waals surface area (Å²) in [4.78, 5) is 24.5. The van der Waals surface area contributed by atoms with Crippen molar-refractivity contribution in [1.82, 2.24) is 9.47 Å². The van der Waals surface area contributed by atoms with Gasteiger partial charge >= 0.3 is 0 Å². The molecule has 1 aromatic heterocycles. The van der Waals surface area contributed by atoms with Gasteiger partial charge in [-0.05, 0) is 19.9 Å². The third kappa shape index (κ3) is 2.99. The van der Waals surface area contributed by atoms with E-state index in [1.807, 2.05) is 13.8 Å². The van der Waals surface area contributed by atoms with Crippen molar-refractivity contribution >= 4 is 17.5 Å². The third-order valence-corrected chi connectivity index (χ3v) is 2.46. The second kappa shape index (κ2) is 4.90. The number of hydrogen-bond acceptors (Lipinski definition) is 3. The molecule has 0 aliphatic rings. The van der Waals surface area contributed by atoms with Crippen LogP contribution in [0.3, 0.4) is 0 Å². The van der Waals surface area contributed by atoms with E-state index in [0.29, 0.717) is 11.4 Å². The number of carbonyl (C=O) groups excluding carboxylic acids is 2. The van der Waals surface area contributed by atoms with Gasteiger partial charge in [-0.1, -0.05) is 0 Å². The van der Waals surface area contributed by atoms with E-state index in [9.17, 15) is 9.59 Å². The fourth-order valence-electron chi connectivity index (χ4n) is 1.61. The maximum Gasteiger partial charge on any atom is 0.271 e. The van der Waals surface area contributed by atoms with Crippen molar-refractivity contribution in [1.29, 1.82) is 0 Å². The highest BCUT2D eigenvalue weighted by atomic mass is 16.2. The van der Waals surface area contributed by atoms with Gasteiger partial charge in [-0.3, -0.25) is 9.59 Å². The van der Waals surface area contributed by atoms with E-state index in [1.54, 1.807) is 23.9 Å². The molecule has 17 heavy (non-hydrogen) atoms. The Bertz CT molecular complexity index is 437. The van der Waals surface area contributed by atoms with Gasteiger partial charge in [0.2, 0.25) is 5.91 Å². The van der Waals surface area contributed by atoms with Crippen LogP contribution in [-0.2, 0) is 11.8 Å². The number of nitrogens with zero attached hydrogens (tertiary/aromatic N) is 2. The molecule has 0 saturated heterocycles. The number of aryl methyl sites for hydroxylation is 1.